The summed E-state index contributed by atoms with van der Waals surface area (Å²) in [6, 6.07) is 3.64. The van der Waals surface area contributed by atoms with Gasteiger partial charge in [0.2, 0.25) is 0 Å². The minimum atomic E-state index is -0.914. The van der Waals surface area contributed by atoms with Gasteiger partial charge in [0.25, 0.3) is 0 Å². The molecule has 1 aromatic rings. The van der Waals surface area contributed by atoms with Gasteiger partial charge in [0, 0.05) is 6.08 Å². The average molecular weight is 267 g/mol. The zero-order valence-corrected chi connectivity index (χ0v) is 11.1. The van der Waals surface area contributed by atoms with Crippen LogP contribution in [0.2, 0.25) is 5.02 Å². The molecule has 1 saturated carbocycles. The van der Waals surface area contributed by atoms with Crippen LogP contribution in [-0.4, -0.2) is 18.2 Å². The standard InChI is InChI=1S/C14H15ClO3/c1-8-5-13(18-2)12(15)6-10(8)11(7-14(16)17)9-3-4-9/h5-7,9H,3-4H2,1-2H3,(H,16,17)/b11-7+. The highest BCUT2D eigenvalue weighted by molar-refractivity contribution is 6.32. The molecule has 96 valence electrons. The lowest BCUT2D eigenvalue weighted by atomic mass is 9.96. The molecule has 18 heavy (non-hydrogen) atoms. The van der Waals surface area contributed by atoms with Gasteiger partial charge in [0.1, 0.15) is 5.75 Å². The van der Waals surface area contributed by atoms with Crippen molar-refractivity contribution in [1.82, 2.24) is 0 Å². The molecule has 3 nitrogen and oxygen atoms in total. The third-order valence-electron chi connectivity index (χ3n) is 3.11. The molecule has 0 radical (unpaired) electrons. The zero-order chi connectivity index (χ0) is 13.3. The molecular weight excluding hydrogens is 252 g/mol. The molecule has 0 aromatic heterocycles. The number of benzene rings is 1. The molecule has 1 N–H and O–H groups in total. The van der Waals surface area contributed by atoms with Crippen molar-refractivity contribution >= 4 is 23.1 Å². The van der Waals surface area contributed by atoms with E-state index in [1.807, 2.05) is 13.0 Å². The normalized spacial score (nSPS) is 15.6. The lowest BCUT2D eigenvalue weighted by Gasteiger charge is -2.12. The van der Waals surface area contributed by atoms with Crippen LogP contribution in [0.1, 0.15) is 24.0 Å². The van der Waals surface area contributed by atoms with Crippen molar-refractivity contribution in [2.75, 3.05) is 7.11 Å². The molecular formula is C14H15ClO3. The number of aliphatic carboxylic acids is 1. The predicted molar refractivity (Wildman–Crippen MR) is 71.1 cm³/mol. The predicted octanol–water partition coefficient (Wildman–Crippen LogP) is 3.54. The molecule has 0 saturated heterocycles. The number of methoxy groups -OCH3 is 1. The highest BCUT2D eigenvalue weighted by atomic mass is 35.5. The van der Waals surface area contributed by atoms with E-state index in [9.17, 15) is 4.79 Å². The Kier molecular flexibility index (Phi) is 3.62. The van der Waals surface area contributed by atoms with Crippen LogP contribution in [0.15, 0.2) is 18.2 Å². The molecule has 4 heteroatoms. The van der Waals surface area contributed by atoms with Crippen LogP contribution < -0.4 is 4.74 Å². The van der Waals surface area contributed by atoms with E-state index >= 15 is 0 Å². The Balaban J connectivity index is 2.48. The Morgan fingerprint density at radius 3 is 2.67 bits per heavy atom. The summed E-state index contributed by atoms with van der Waals surface area (Å²) in [7, 11) is 1.56. The molecule has 0 bridgehead atoms. The minimum Gasteiger partial charge on any atom is -0.495 e. The lowest BCUT2D eigenvalue weighted by Crippen LogP contribution is -1.98. The molecule has 1 fully saturated rings. The van der Waals surface area contributed by atoms with E-state index in [1.54, 1.807) is 13.2 Å². The summed E-state index contributed by atoms with van der Waals surface area (Å²) in [5.41, 5.74) is 2.76. The van der Waals surface area contributed by atoms with Crippen molar-refractivity contribution in [3.8, 4) is 5.75 Å². The summed E-state index contributed by atoms with van der Waals surface area (Å²) in [6.45, 7) is 1.94. The van der Waals surface area contributed by atoms with Crippen molar-refractivity contribution in [1.29, 1.82) is 0 Å². The largest absolute Gasteiger partial charge is 0.495 e. The Morgan fingerprint density at radius 2 is 2.17 bits per heavy atom. The summed E-state index contributed by atoms with van der Waals surface area (Å²) in [5, 5.41) is 9.46. The van der Waals surface area contributed by atoms with Crippen LogP contribution in [0, 0.1) is 12.8 Å². The number of allylic oxidation sites excluding steroid dienone is 1. The number of ether oxygens (including phenoxy) is 1. The monoisotopic (exact) mass is 266 g/mol. The second-order valence-corrected chi connectivity index (χ2v) is 4.92. The molecule has 0 amide bonds. The maximum Gasteiger partial charge on any atom is 0.328 e. The molecule has 0 aliphatic heterocycles. The van der Waals surface area contributed by atoms with Crippen molar-refractivity contribution in [3.63, 3.8) is 0 Å². The number of carbonyl (C=O) groups is 1. The molecule has 1 aromatic carbocycles. The topological polar surface area (TPSA) is 46.5 Å². The first-order chi connectivity index (χ1) is 8.52. The first kappa shape index (κ1) is 13.0. The zero-order valence-electron chi connectivity index (χ0n) is 10.4. The first-order valence-corrected chi connectivity index (χ1v) is 6.19. The van der Waals surface area contributed by atoms with Crippen LogP contribution in [0.25, 0.3) is 5.57 Å². The van der Waals surface area contributed by atoms with Crippen molar-refractivity contribution in [2.45, 2.75) is 19.8 Å². The Hall–Kier alpha value is -1.48. The van der Waals surface area contributed by atoms with Crippen LogP contribution in [0.5, 0.6) is 5.75 Å². The van der Waals surface area contributed by atoms with Crippen molar-refractivity contribution in [3.05, 3.63) is 34.4 Å². The Morgan fingerprint density at radius 1 is 1.50 bits per heavy atom. The fourth-order valence-corrected chi connectivity index (χ4v) is 2.31. The maximum absolute atomic E-state index is 10.9. The van der Waals surface area contributed by atoms with Crippen LogP contribution >= 0.6 is 11.6 Å². The van der Waals surface area contributed by atoms with Crippen molar-refractivity contribution in [2.24, 2.45) is 5.92 Å². The fourth-order valence-electron chi connectivity index (χ4n) is 2.07. The molecule has 2 rings (SSSR count). The molecule has 0 unspecified atom stereocenters. The third kappa shape index (κ3) is 2.67. The SMILES string of the molecule is COc1cc(C)c(/C(=C/C(=O)O)C2CC2)cc1Cl. The smallest absolute Gasteiger partial charge is 0.328 e. The van der Waals surface area contributed by atoms with E-state index in [2.05, 4.69) is 0 Å². The van der Waals surface area contributed by atoms with E-state index in [4.69, 9.17) is 21.4 Å². The first-order valence-electron chi connectivity index (χ1n) is 5.82. The second-order valence-electron chi connectivity index (χ2n) is 4.51. The molecule has 0 spiro atoms. The van der Waals surface area contributed by atoms with E-state index in [1.165, 1.54) is 6.08 Å². The maximum atomic E-state index is 10.9. The number of halogens is 1. The average Bonchev–Trinajstić information content (AvgIpc) is 3.12. The van der Waals surface area contributed by atoms with E-state index < -0.39 is 5.97 Å². The van der Waals surface area contributed by atoms with Gasteiger partial charge in [-0.25, -0.2) is 4.79 Å². The quantitative estimate of drug-likeness (QED) is 0.848. The third-order valence-corrected chi connectivity index (χ3v) is 3.40. The minimum absolute atomic E-state index is 0.351. The summed E-state index contributed by atoms with van der Waals surface area (Å²) in [5.74, 6) is 0.0518. The van der Waals surface area contributed by atoms with E-state index in [0.717, 1.165) is 29.5 Å². The summed E-state index contributed by atoms with van der Waals surface area (Å²) in [6.07, 6.45) is 3.38. The number of hydrogen-bond acceptors (Lipinski definition) is 2. The van der Waals surface area contributed by atoms with Gasteiger partial charge in [-0.2, -0.15) is 0 Å². The number of carboxylic acids is 1. The number of rotatable bonds is 4. The molecule has 1 aliphatic carbocycles. The van der Waals surface area contributed by atoms with Gasteiger partial charge in [0.05, 0.1) is 12.1 Å². The van der Waals surface area contributed by atoms with E-state index in [0.29, 0.717) is 16.7 Å². The van der Waals surface area contributed by atoms with Crippen LogP contribution in [0.4, 0.5) is 0 Å². The fraction of sp³-hybridized carbons (Fsp3) is 0.357. The Labute approximate surface area is 111 Å². The van der Waals surface area contributed by atoms with Gasteiger partial charge in [-0.15, -0.1) is 0 Å². The van der Waals surface area contributed by atoms with Gasteiger partial charge >= 0.3 is 5.97 Å². The highest BCUT2D eigenvalue weighted by Crippen LogP contribution is 2.44. The molecule has 0 heterocycles. The lowest BCUT2D eigenvalue weighted by molar-refractivity contribution is -0.131. The second kappa shape index (κ2) is 5.02. The van der Waals surface area contributed by atoms with Crippen molar-refractivity contribution < 1.29 is 14.6 Å². The van der Waals surface area contributed by atoms with Gasteiger partial charge < -0.3 is 9.84 Å². The van der Waals surface area contributed by atoms with Crippen LogP contribution in [-0.2, 0) is 4.79 Å². The van der Waals surface area contributed by atoms with Gasteiger partial charge in [-0.3, -0.25) is 0 Å². The summed E-state index contributed by atoms with van der Waals surface area (Å²) < 4.78 is 5.15. The molecule has 0 atom stereocenters. The highest BCUT2D eigenvalue weighted by Gasteiger charge is 2.28. The van der Waals surface area contributed by atoms with Gasteiger partial charge in [0.15, 0.2) is 0 Å². The number of hydrogen-bond donors (Lipinski definition) is 1. The Bertz CT molecular complexity index is 516. The summed E-state index contributed by atoms with van der Waals surface area (Å²) in [4.78, 5) is 10.9. The number of aryl methyl sites for hydroxylation is 1. The summed E-state index contributed by atoms with van der Waals surface area (Å²) >= 11 is 6.11. The van der Waals surface area contributed by atoms with Gasteiger partial charge in [-0.05, 0) is 54.5 Å². The molecule has 1 aliphatic rings. The van der Waals surface area contributed by atoms with Crippen LogP contribution in [0.3, 0.4) is 0 Å². The van der Waals surface area contributed by atoms with E-state index in [-0.39, 0.29) is 0 Å². The van der Waals surface area contributed by atoms with Gasteiger partial charge in [-0.1, -0.05) is 11.6 Å². The number of carboxylic acid groups (broad SMARTS) is 1.